The maximum Gasteiger partial charge on any atom is 0.253 e. The van der Waals surface area contributed by atoms with Crippen LogP contribution in [0.3, 0.4) is 0 Å². The van der Waals surface area contributed by atoms with Gasteiger partial charge in [-0.05, 0) is 51.1 Å². The van der Waals surface area contributed by atoms with Crippen LogP contribution < -0.4 is 11.1 Å². The van der Waals surface area contributed by atoms with Crippen molar-refractivity contribution in [2.24, 2.45) is 17.6 Å². The van der Waals surface area contributed by atoms with Gasteiger partial charge in [0.1, 0.15) is 0 Å². The number of hydrogen-bond donors (Lipinski definition) is 2. The summed E-state index contributed by atoms with van der Waals surface area (Å²) in [4.78, 5) is 12.2. The molecule has 0 spiro atoms. The number of nitrogens with two attached hydrogens (primary N) is 1. The van der Waals surface area contributed by atoms with Gasteiger partial charge < -0.3 is 11.1 Å². The third-order valence-electron chi connectivity index (χ3n) is 3.99. The van der Waals surface area contributed by atoms with Crippen molar-refractivity contribution in [3.05, 3.63) is 23.0 Å². The number of aromatic nitrogens is 2. The van der Waals surface area contributed by atoms with Crippen LogP contribution in [0.5, 0.6) is 0 Å². The fourth-order valence-electron chi connectivity index (χ4n) is 2.79. The summed E-state index contributed by atoms with van der Waals surface area (Å²) in [6.07, 6.45) is 3.57. The lowest BCUT2D eigenvalue weighted by Crippen LogP contribution is -2.33. The molecule has 0 aliphatic heterocycles. The predicted octanol–water partition coefficient (Wildman–Crippen LogP) is 1.20. The molecule has 1 aromatic rings. The molecule has 1 heterocycles. The van der Waals surface area contributed by atoms with Gasteiger partial charge in [0.15, 0.2) is 0 Å². The van der Waals surface area contributed by atoms with Crippen molar-refractivity contribution in [2.45, 2.75) is 33.1 Å². The van der Waals surface area contributed by atoms with Crippen molar-refractivity contribution in [1.29, 1.82) is 0 Å². The van der Waals surface area contributed by atoms with Crippen LogP contribution in [0.15, 0.2) is 6.07 Å². The normalized spacial score (nSPS) is 22.5. The van der Waals surface area contributed by atoms with Crippen LogP contribution in [0, 0.1) is 25.7 Å². The molecule has 0 radical (unpaired) electrons. The Balaban J connectivity index is 1.96. The number of carbonyl (C=O) groups is 1. The molecule has 2 atom stereocenters. The molecule has 1 amide bonds. The maximum absolute atomic E-state index is 12.2. The van der Waals surface area contributed by atoms with Crippen molar-refractivity contribution in [3.63, 3.8) is 0 Å². The summed E-state index contributed by atoms with van der Waals surface area (Å²) >= 11 is 0. The highest BCUT2D eigenvalue weighted by atomic mass is 16.1. The Bertz CT molecular complexity index is 461. The van der Waals surface area contributed by atoms with Gasteiger partial charge >= 0.3 is 0 Å². The SMILES string of the molecule is Cc1cc(C(=O)NCC2CCCC2CN)c(C)nn1. The average molecular weight is 262 g/mol. The first-order valence-electron chi connectivity index (χ1n) is 6.91. The molecule has 3 N–H and O–H groups in total. The van der Waals surface area contributed by atoms with Gasteiger partial charge in [-0.25, -0.2) is 0 Å². The van der Waals surface area contributed by atoms with E-state index in [1.807, 2.05) is 6.92 Å². The maximum atomic E-state index is 12.2. The van der Waals surface area contributed by atoms with E-state index in [4.69, 9.17) is 5.73 Å². The molecule has 1 aliphatic rings. The molecular formula is C14H22N4O. The van der Waals surface area contributed by atoms with E-state index in [2.05, 4.69) is 15.5 Å². The second-order valence-electron chi connectivity index (χ2n) is 5.38. The van der Waals surface area contributed by atoms with Gasteiger partial charge in [0.2, 0.25) is 0 Å². The predicted molar refractivity (Wildman–Crippen MR) is 73.7 cm³/mol. The van der Waals surface area contributed by atoms with E-state index in [-0.39, 0.29) is 5.91 Å². The highest BCUT2D eigenvalue weighted by Gasteiger charge is 2.26. The molecule has 5 nitrogen and oxygen atoms in total. The van der Waals surface area contributed by atoms with Crippen molar-refractivity contribution in [2.75, 3.05) is 13.1 Å². The Morgan fingerprint density at radius 3 is 2.84 bits per heavy atom. The van der Waals surface area contributed by atoms with Crippen LogP contribution in [0.25, 0.3) is 0 Å². The Morgan fingerprint density at radius 1 is 1.37 bits per heavy atom. The molecule has 5 heteroatoms. The minimum absolute atomic E-state index is 0.0572. The third kappa shape index (κ3) is 3.29. The zero-order valence-electron chi connectivity index (χ0n) is 11.6. The summed E-state index contributed by atoms with van der Waals surface area (Å²) in [6, 6.07) is 1.78. The summed E-state index contributed by atoms with van der Waals surface area (Å²) in [7, 11) is 0. The van der Waals surface area contributed by atoms with Gasteiger partial charge in [0.25, 0.3) is 5.91 Å². The lowest BCUT2D eigenvalue weighted by molar-refractivity contribution is 0.0942. The Kier molecular flexibility index (Phi) is 4.47. The standard InChI is InChI=1S/C14H22N4O/c1-9-6-13(10(2)18-17-9)14(19)16-8-12-5-3-4-11(12)7-15/h6,11-12H,3-5,7-8,15H2,1-2H3,(H,16,19). The number of aryl methyl sites for hydroxylation is 2. The van der Waals surface area contributed by atoms with Gasteiger partial charge in [-0.3, -0.25) is 4.79 Å². The van der Waals surface area contributed by atoms with E-state index in [0.717, 1.165) is 18.7 Å². The topological polar surface area (TPSA) is 80.9 Å². The Morgan fingerprint density at radius 2 is 2.11 bits per heavy atom. The number of rotatable bonds is 4. The van der Waals surface area contributed by atoms with Crippen molar-refractivity contribution >= 4 is 5.91 Å². The van der Waals surface area contributed by atoms with Crippen molar-refractivity contribution in [3.8, 4) is 0 Å². The van der Waals surface area contributed by atoms with Gasteiger partial charge in [0.05, 0.1) is 17.0 Å². The number of hydrogen-bond acceptors (Lipinski definition) is 4. The highest BCUT2D eigenvalue weighted by Crippen LogP contribution is 2.30. The van der Waals surface area contributed by atoms with Gasteiger partial charge in [-0.15, -0.1) is 0 Å². The second-order valence-corrected chi connectivity index (χ2v) is 5.38. The van der Waals surface area contributed by atoms with Crippen molar-refractivity contribution in [1.82, 2.24) is 15.5 Å². The molecule has 2 rings (SSSR count). The van der Waals surface area contributed by atoms with Crippen LogP contribution in [-0.4, -0.2) is 29.2 Å². The van der Waals surface area contributed by atoms with Gasteiger partial charge in [0, 0.05) is 6.54 Å². The minimum atomic E-state index is -0.0572. The molecular weight excluding hydrogens is 240 g/mol. The van der Waals surface area contributed by atoms with Crippen LogP contribution in [0.2, 0.25) is 0 Å². The second kappa shape index (κ2) is 6.10. The molecule has 2 unspecified atom stereocenters. The summed E-state index contributed by atoms with van der Waals surface area (Å²) in [5, 5.41) is 10.9. The van der Waals surface area contributed by atoms with E-state index >= 15 is 0 Å². The summed E-state index contributed by atoms with van der Waals surface area (Å²) in [5.41, 5.74) is 7.81. The van der Waals surface area contributed by atoms with E-state index in [1.165, 1.54) is 12.8 Å². The van der Waals surface area contributed by atoms with Gasteiger partial charge in [-0.2, -0.15) is 10.2 Å². The highest BCUT2D eigenvalue weighted by molar-refractivity contribution is 5.95. The molecule has 0 saturated heterocycles. The van der Waals surface area contributed by atoms with E-state index in [9.17, 15) is 4.79 Å². The third-order valence-corrected chi connectivity index (χ3v) is 3.99. The Hall–Kier alpha value is -1.49. The van der Waals surface area contributed by atoms with Crippen LogP contribution in [0.1, 0.15) is 41.0 Å². The fourth-order valence-corrected chi connectivity index (χ4v) is 2.79. The molecule has 1 saturated carbocycles. The van der Waals surface area contributed by atoms with Crippen LogP contribution >= 0.6 is 0 Å². The lowest BCUT2D eigenvalue weighted by Gasteiger charge is -2.18. The molecule has 1 aliphatic carbocycles. The smallest absolute Gasteiger partial charge is 0.253 e. The summed E-state index contributed by atoms with van der Waals surface area (Å²) < 4.78 is 0. The molecule has 0 bridgehead atoms. The average Bonchev–Trinajstić information content (AvgIpc) is 2.86. The number of amides is 1. The van der Waals surface area contributed by atoms with E-state index in [1.54, 1.807) is 13.0 Å². The monoisotopic (exact) mass is 262 g/mol. The lowest BCUT2D eigenvalue weighted by atomic mass is 9.96. The molecule has 0 aromatic carbocycles. The first-order chi connectivity index (χ1) is 9.11. The van der Waals surface area contributed by atoms with E-state index in [0.29, 0.717) is 29.6 Å². The number of nitrogens with zero attached hydrogens (tertiary/aromatic N) is 2. The zero-order valence-corrected chi connectivity index (χ0v) is 11.6. The van der Waals surface area contributed by atoms with Crippen LogP contribution in [-0.2, 0) is 0 Å². The van der Waals surface area contributed by atoms with Gasteiger partial charge in [-0.1, -0.05) is 6.42 Å². The first kappa shape index (κ1) is 13.9. The Labute approximate surface area is 114 Å². The zero-order chi connectivity index (χ0) is 13.8. The molecule has 19 heavy (non-hydrogen) atoms. The minimum Gasteiger partial charge on any atom is -0.352 e. The quantitative estimate of drug-likeness (QED) is 0.854. The summed E-state index contributed by atoms with van der Waals surface area (Å²) in [6.45, 7) is 5.07. The summed E-state index contributed by atoms with van der Waals surface area (Å²) in [5.74, 6) is 1.02. The molecule has 104 valence electrons. The fraction of sp³-hybridized carbons (Fsp3) is 0.643. The molecule has 1 aromatic heterocycles. The van der Waals surface area contributed by atoms with Crippen LogP contribution in [0.4, 0.5) is 0 Å². The van der Waals surface area contributed by atoms with Crippen molar-refractivity contribution < 1.29 is 4.79 Å². The van der Waals surface area contributed by atoms with E-state index < -0.39 is 0 Å². The first-order valence-corrected chi connectivity index (χ1v) is 6.91. The number of carbonyl (C=O) groups excluding carboxylic acids is 1. The largest absolute Gasteiger partial charge is 0.352 e. The number of nitrogens with one attached hydrogen (secondary N) is 1. The molecule has 1 fully saturated rings.